The average Bonchev–Trinajstić information content (AvgIpc) is 3.01. The lowest BCUT2D eigenvalue weighted by Crippen LogP contribution is -2.23. The Hall–Kier alpha value is -1.83. The Bertz CT molecular complexity index is 634. The first kappa shape index (κ1) is 18.2. The number of nitrogens with zero attached hydrogens (tertiary/aromatic N) is 1. The highest BCUT2D eigenvalue weighted by Gasteiger charge is 2.11. The van der Waals surface area contributed by atoms with Gasteiger partial charge in [0.1, 0.15) is 22.2 Å². The summed E-state index contributed by atoms with van der Waals surface area (Å²) in [6.07, 6.45) is 0. The molecular formula is C14H18ClN3O3S. The summed E-state index contributed by atoms with van der Waals surface area (Å²) in [4.78, 5) is 16.1. The monoisotopic (exact) mass is 343 g/mol. The van der Waals surface area contributed by atoms with Gasteiger partial charge in [-0.25, -0.2) is 4.98 Å². The van der Waals surface area contributed by atoms with Crippen LogP contribution in [-0.4, -0.2) is 25.1 Å². The van der Waals surface area contributed by atoms with Crippen LogP contribution in [0.15, 0.2) is 23.6 Å². The zero-order chi connectivity index (χ0) is 15.2. The summed E-state index contributed by atoms with van der Waals surface area (Å²) in [6, 6.07) is 5.44. The molecule has 0 bridgehead atoms. The quantitative estimate of drug-likeness (QED) is 0.837. The van der Waals surface area contributed by atoms with E-state index in [2.05, 4.69) is 10.3 Å². The van der Waals surface area contributed by atoms with Crippen molar-refractivity contribution >= 4 is 29.7 Å². The molecule has 0 spiro atoms. The standard InChI is InChI=1S/C14H17N3O3S.ClH/c1-19-10-4-3-9(12(5-10)20-2)7-16-14(18)11-8-21-13(6-15)17-11;/h3-5,8H,6-7,15H2,1-2H3,(H,16,18);1H. The highest BCUT2D eigenvalue weighted by molar-refractivity contribution is 7.09. The summed E-state index contributed by atoms with van der Waals surface area (Å²) in [6.45, 7) is 0.686. The molecule has 2 aromatic rings. The zero-order valence-electron chi connectivity index (χ0n) is 12.3. The topological polar surface area (TPSA) is 86.5 Å². The van der Waals surface area contributed by atoms with E-state index in [1.807, 2.05) is 12.1 Å². The fourth-order valence-electron chi connectivity index (χ4n) is 1.77. The minimum atomic E-state index is -0.233. The van der Waals surface area contributed by atoms with E-state index in [9.17, 15) is 4.79 Å². The van der Waals surface area contributed by atoms with Gasteiger partial charge in [0.05, 0.1) is 14.2 Å². The van der Waals surface area contributed by atoms with Crippen LogP contribution >= 0.6 is 23.7 Å². The minimum absolute atomic E-state index is 0. The maximum absolute atomic E-state index is 12.0. The molecule has 0 saturated heterocycles. The van der Waals surface area contributed by atoms with Gasteiger partial charge < -0.3 is 20.5 Å². The van der Waals surface area contributed by atoms with Crippen LogP contribution in [0.4, 0.5) is 0 Å². The molecule has 0 fully saturated rings. The lowest BCUT2D eigenvalue weighted by Gasteiger charge is -2.10. The van der Waals surface area contributed by atoms with E-state index in [0.717, 1.165) is 10.6 Å². The fraction of sp³-hybridized carbons (Fsp3) is 0.286. The molecule has 8 heteroatoms. The number of hydrogen-bond acceptors (Lipinski definition) is 6. The number of aromatic nitrogens is 1. The molecule has 0 aliphatic heterocycles. The van der Waals surface area contributed by atoms with Crippen molar-refractivity contribution in [2.75, 3.05) is 14.2 Å². The van der Waals surface area contributed by atoms with E-state index < -0.39 is 0 Å². The van der Waals surface area contributed by atoms with Crippen LogP contribution < -0.4 is 20.5 Å². The Balaban J connectivity index is 0.00000242. The van der Waals surface area contributed by atoms with Crippen molar-refractivity contribution in [1.82, 2.24) is 10.3 Å². The molecule has 0 radical (unpaired) electrons. The predicted molar refractivity (Wildman–Crippen MR) is 88.0 cm³/mol. The second-order valence-corrected chi connectivity index (χ2v) is 5.13. The SMILES string of the molecule is COc1ccc(CNC(=O)c2csc(CN)n2)c(OC)c1.Cl. The number of amides is 1. The average molecular weight is 344 g/mol. The first-order chi connectivity index (χ1) is 10.2. The first-order valence-electron chi connectivity index (χ1n) is 6.31. The van der Waals surface area contributed by atoms with Gasteiger partial charge in [-0.1, -0.05) is 0 Å². The summed E-state index contributed by atoms with van der Waals surface area (Å²) in [5, 5.41) is 5.24. The van der Waals surface area contributed by atoms with Crippen LogP contribution in [0.1, 0.15) is 21.1 Å². The largest absolute Gasteiger partial charge is 0.497 e. The Kier molecular flexibility index (Phi) is 7.10. The summed E-state index contributed by atoms with van der Waals surface area (Å²) in [5.74, 6) is 1.13. The smallest absolute Gasteiger partial charge is 0.271 e. The number of thiazole rings is 1. The van der Waals surface area contributed by atoms with Gasteiger partial charge in [-0.2, -0.15) is 0 Å². The summed E-state index contributed by atoms with van der Waals surface area (Å²) < 4.78 is 10.4. The van der Waals surface area contributed by atoms with Crippen molar-refractivity contribution in [2.24, 2.45) is 5.73 Å². The summed E-state index contributed by atoms with van der Waals surface area (Å²) in [7, 11) is 3.17. The number of hydrogen-bond donors (Lipinski definition) is 2. The Morgan fingerprint density at radius 1 is 1.36 bits per heavy atom. The summed E-state index contributed by atoms with van der Waals surface area (Å²) in [5.41, 5.74) is 6.73. The maximum atomic E-state index is 12.0. The number of rotatable bonds is 6. The Morgan fingerprint density at radius 3 is 2.73 bits per heavy atom. The van der Waals surface area contributed by atoms with Crippen molar-refractivity contribution in [3.05, 3.63) is 39.8 Å². The molecule has 0 aliphatic rings. The lowest BCUT2D eigenvalue weighted by atomic mass is 10.2. The molecular weight excluding hydrogens is 326 g/mol. The molecule has 1 amide bonds. The maximum Gasteiger partial charge on any atom is 0.271 e. The third kappa shape index (κ3) is 4.33. The van der Waals surface area contributed by atoms with Gasteiger partial charge in [0.15, 0.2) is 0 Å². The van der Waals surface area contributed by atoms with Gasteiger partial charge in [0, 0.05) is 30.1 Å². The van der Waals surface area contributed by atoms with E-state index in [0.29, 0.717) is 30.3 Å². The van der Waals surface area contributed by atoms with Gasteiger partial charge in [0.2, 0.25) is 0 Å². The molecule has 1 aromatic carbocycles. The number of carbonyl (C=O) groups excluding carboxylic acids is 1. The van der Waals surface area contributed by atoms with Crippen LogP contribution in [0.3, 0.4) is 0 Å². The Labute approximate surface area is 139 Å². The van der Waals surface area contributed by atoms with Crippen LogP contribution in [0.5, 0.6) is 11.5 Å². The van der Waals surface area contributed by atoms with E-state index in [4.69, 9.17) is 15.2 Å². The number of methoxy groups -OCH3 is 2. The number of carbonyl (C=O) groups is 1. The molecule has 22 heavy (non-hydrogen) atoms. The van der Waals surface area contributed by atoms with E-state index >= 15 is 0 Å². The molecule has 120 valence electrons. The van der Waals surface area contributed by atoms with E-state index in [1.165, 1.54) is 11.3 Å². The number of benzene rings is 1. The molecule has 0 atom stereocenters. The van der Waals surface area contributed by atoms with Gasteiger partial charge in [-0.05, 0) is 12.1 Å². The Morgan fingerprint density at radius 2 is 2.14 bits per heavy atom. The van der Waals surface area contributed by atoms with Crippen LogP contribution in [0.25, 0.3) is 0 Å². The van der Waals surface area contributed by atoms with Gasteiger partial charge >= 0.3 is 0 Å². The third-order valence-corrected chi connectivity index (χ3v) is 3.76. The minimum Gasteiger partial charge on any atom is -0.497 e. The predicted octanol–water partition coefficient (Wildman–Crippen LogP) is 1.97. The second-order valence-electron chi connectivity index (χ2n) is 4.19. The van der Waals surface area contributed by atoms with Gasteiger partial charge in [-0.15, -0.1) is 23.7 Å². The number of ether oxygens (including phenoxy) is 2. The number of nitrogens with two attached hydrogens (primary N) is 1. The molecule has 0 saturated carbocycles. The highest BCUT2D eigenvalue weighted by Crippen LogP contribution is 2.24. The van der Waals surface area contributed by atoms with E-state index in [-0.39, 0.29) is 18.3 Å². The zero-order valence-corrected chi connectivity index (χ0v) is 13.9. The fourth-order valence-corrected chi connectivity index (χ4v) is 2.43. The van der Waals surface area contributed by atoms with E-state index in [1.54, 1.807) is 25.7 Å². The van der Waals surface area contributed by atoms with Gasteiger partial charge in [0.25, 0.3) is 5.91 Å². The van der Waals surface area contributed by atoms with Crippen LogP contribution in [0, 0.1) is 0 Å². The lowest BCUT2D eigenvalue weighted by molar-refractivity contribution is 0.0946. The van der Waals surface area contributed by atoms with Crippen LogP contribution in [0.2, 0.25) is 0 Å². The molecule has 0 aliphatic carbocycles. The molecule has 2 rings (SSSR count). The molecule has 1 aromatic heterocycles. The van der Waals surface area contributed by atoms with Crippen molar-refractivity contribution < 1.29 is 14.3 Å². The molecule has 0 unspecified atom stereocenters. The first-order valence-corrected chi connectivity index (χ1v) is 7.19. The highest BCUT2D eigenvalue weighted by atomic mass is 35.5. The molecule has 6 nitrogen and oxygen atoms in total. The van der Waals surface area contributed by atoms with Crippen LogP contribution in [-0.2, 0) is 13.1 Å². The van der Waals surface area contributed by atoms with Crippen molar-refractivity contribution in [3.63, 3.8) is 0 Å². The third-order valence-electron chi connectivity index (χ3n) is 2.89. The number of nitrogens with one attached hydrogen (secondary N) is 1. The van der Waals surface area contributed by atoms with Crippen molar-refractivity contribution in [1.29, 1.82) is 0 Å². The van der Waals surface area contributed by atoms with Crippen molar-refractivity contribution in [3.8, 4) is 11.5 Å². The van der Waals surface area contributed by atoms with Crippen molar-refractivity contribution in [2.45, 2.75) is 13.1 Å². The second kappa shape index (κ2) is 8.57. The normalized spacial score (nSPS) is 9.77. The molecule has 3 N–H and O–H groups in total. The number of halogens is 1. The molecule has 1 heterocycles. The summed E-state index contributed by atoms with van der Waals surface area (Å²) >= 11 is 1.37. The van der Waals surface area contributed by atoms with Gasteiger partial charge in [-0.3, -0.25) is 4.79 Å².